The first-order valence-electron chi connectivity index (χ1n) is 7.83. The standard InChI is InChI=1S/C17H25NO/c1-2-4-15(5-3-1)16-8-6-14(7-9-16)12-17-13-18-10-11-19-17/h6-9,15,17-18H,1-5,10-13H2. The topological polar surface area (TPSA) is 21.3 Å². The van der Waals surface area contributed by atoms with Crippen LogP contribution in [0.25, 0.3) is 0 Å². The fourth-order valence-corrected chi connectivity index (χ4v) is 3.38. The molecule has 3 rings (SSSR count). The van der Waals surface area contributed by atoms with Crippen molar-refractivity contribution in [2.24, 2.45) is 0 Å². The average Bonchev–Trinajstić information content (AvgIpc) is 2.50. The van der Waals surface area contributed by atoms with E-state index in [0.29, 0.717) is 6.10 Å². The summed E-state index contributed by atoms with van der Waals surface area (Å²) in [6.45, 7) is 2.84. The second-order valence-corrected chi connectivity index (χ2v) is 5.98. The van der Waals surface area contributed by atoms with Crippen LogP contribution >= 0.6 is 0 Å². The van der Waals surface area contributed by atoms with E-state index in [2.05, 4.69) is 29.6 Å². The van der Waals surface area contributed by atoms with E-state index >= 15 is 0 Å². The van der Waals surface area contributed by atoms with Crippen LogP contribution in [-0.4, -0.2) is 25.8 Å². The van der Waals surface area contributed by atoms with Crippen LogP contribution < -0.4 is 5.32 Å². The smallest absolute Gasteiger partial charge is 0.0740 e. The summed E-state index contributed by atoms with van der Waals surface area (Å²) in [5, 5.41) is 3.39. The average molecular weight is 259 g/mol. The van der Waals surface area contributed by atoms with Gasteiger partial charge in [0.2, 0.25) is 0 Å². The Hall–Kier alpha value is -0.860. The maximum Gasteiger partial charge on any atom is 0.0740 e. The molecular weight excluding hydrogens is 234 g/mol. The summed E-state index contributed by atoms with van der Waals surface area (Å²) in [6.07, 6.45) is 8.42. The van der Waals surface area contributed by atoms with Gasteiger partial charge < -0.3 is 10.1 Å². The van der Waals surface area contributed by atoms with Crippen molar-refractivity contribution in [1.82, 2.24) is 5.32 Å². The molecule has 1 aromatic rings. The molecule has 2 nitrogen and oxygen atoms in total. The lowest BCUT2D eigenvalue weighted by atomic mass is 9.84. The SMILES string of the molecule is c1cc(C2CCCCC2)ccc1CC1CNCCO1. The molecule has 2 fully saturated rings. The Labute approximate surface area is 116 Å². The van der Waals surface area contributed by atoms with E-state index in [9.17, 15) is 0 Å². The van der Waals surface area contributed by atoms with Crippen molar-refractivity contribution in [3.05, 3.63) is 35.4 Å². The molecule has 0 amide bonds. The highest BCUT2D eigenvalue weighted by atomic mass is 16.5. The maximum absolute atomic E-state index is 5.77. The van der Waals surface area contributed by atoms with Gasteiger partial charge in [0.25, 0.3) is 0 Å². The monoisotopic (exact) mass is 259 g/mol. The third-order valence-corrected chi connectivity index (χ3v) is 4.52. The van der Waals surface area contributed by atoms with E-state index in [1.807, 2.05) is 0 Å². The zero-order chi connectivity index (χ0) is 12.9. The van der Waals surface area contributed by atoms with Crippen LogP contribution in [0.15, 0.2) is 24.3 Å². The van der Waals surface area contributed by atoms with Gasteiger partial charge in [0.15, 0.2) is 0 Å². The summed E-state index contributed by atoms with van der Waals surface area (Å²) in [7, 11) is 0. The summed E-state index contributed by atoms with van der Waals surface area (Å²) in [5.74, 6) is 0.815. The Morgan fingerprint density at radius 2 is 1.84 bits per heavy atom. The molecule has 1 heterocycles. The molecule has 1 aliphatic heterocycles. The Kier molecular flexibility index (Phi) is 4.52. The molecule has 1 saturated heterocycles. The second-order valence-electron chi connectivity index (χ2n) is 5.98. The Balaban J connectivity index is 1.58. The Bertz CT molecular complexity index is 375. The predicted molar refractivity (Wildman–Crippen MR) is 78.6 cm³/mol. The van der Waals surface area contributed by atoms with Crippen LogP contribution in [0.1, 0.15) is 49.1 Å². The lowest BCUT2D eigenvalue weighted by Gasteiger charge is -2.24. The molecule has 2 heteroatoms. The molecule has 104 valence electrons. The van der Waals surface area contributed by atoms with Gasteiger partial charge >= 0.3 is 0 Å². The third kappa shape index (κ3) is 3.58. The number of benzene rings is 1. The summed E-state index contributed by atoms with van der Waals surface area (Å²) in [5.41, 5.74) is 2.96. The van der Waals surface area contributed by atoms with Gasteiger partial charge in [0, 0.05) is 13.1 Å². The highest BCUT2D eigenvalue weighted by Gasteiger charge is 2.16. The molecular formula is C17H25NO. The van der Waals surface area contributed by atoms with Gasteiger partial charge in [-0.05, 0) is 36.3 Å². The fraction of sp³-hybridized carbons (Fsp3) is 0.647. The van der Waals surface area contributed by atoms with E-state index < -0.39 is 0 Å². The first-order chi connectivity index (χ1) is 9.42. The molecule has 1 saturated carbocycles. The lowest BCUT2D eigenvalue weighted by Crippen LogP contribution is -2.39. The van der Waals surface area contributed by atoms with E-state index in [1.54, 1.807) is 5.56 Å². The minimum atomic E-state index is 0.356. The molecule has 1 aliphatic carbocycles. The zero-order valence-electron chi connectivity index (χ0n) is 11.7. The van der Waals surface area contributed by atoms with Crippen molar-refractivity contribution in [3.63, 3.8) is 0 Å². The first kappa shape index (κ1) is 13.1. The van der Waals surface area contributed by atoms with Crippen LogP contribution in [0.2, 0.25) is 0 Å². The van der Waals surface area contributed by atoms with Gasteiger partial charge in [-0.25, -0.2) is 0 Å². The minimum absolute atomic E-state index is 0.356. The molecule has 1 atom stereocenters. The Morgan fingerprint density at radius 3 is 2.53 bits per heavy atom. The van der Waals surface area contributed by atoms with E-state index in [1.165, 1.54) is 37.7 Å². The first-order valence-corrected chi connectivity index (χ1v) is 7.83. The lowest BCUT2D eigenvalue weighted by molar-refractivity contribution is 0.0292. The molecule has 1 aromatic carbocycles. The number of hydrogen-bond donors (Lipinski definition) is 1. The fourth-order valence-electron chi connectivity index (χ4n) is 3.38. The normalized spacial score (nSPS) is 25.4. The molecule has 19 heavy (non-hydrogen) atoms. The summed E-state index contributed by atoms with van der Waals surface area (Å²) in [6, 6.07) is 9.31. The van der Waals surface area contributed by atoms with Crippen molar-refractivity contribution in [1.29, 1.82) is 0 Å². The quantitative estimate of drug-likeness (QED) is 0.899. The number of nitrogens with one attached hydrogen (secondary N) is 1. The third-order valence-electron chi connectivity index (χ3n) is 4.52. The molecule has 0 radical (unpaired) electrons. The molecule has 0 aromatic heterocycles. The van der Waals surface area contributed by atoms with E-state index in [4.69, 9.17) is 4.74 Å². The minimum Gasteiger partial charge on any atom is -0.375 e. The van der Waals surface area contributed by atoms with E-state index in [0.717, 1.165) is 32.0 Å². The van der Waals surface area contributed by atoms with Crippen LogP contribution in [-0.2, 0) is 11.2 Å². The van der Waals surface area contributed by atoms with Crippen molar-refractivity contribution in [2.45, 2.75) is 50.5 Å². The molecule has 0 spiro atoms. The van der Waals surface area contributed by atoms with Crippen molar-refractivity contribution < 1.29 is 4.74 Å². The molecule has 1 unspecified atom stereocenters. The van der Waals surface area contributed by atoms with Gasteiger partial charge in [-0.2, -0.15) is 0 Å². The Morgan fingerprint density at radius 1 is 1.05 bits per heavy atom. The second kappa shape index (κ2) is 6.53. The summed E-state index contributed by atoms with van der Waals surface area (Å²) in [4.78, 5) is 0. The predicted octanol–water partition coefficient (Wildman–Crippen LogP) is 3.27. The number of morpholine rings is 1. The van der Waals surface area contributed by atoms with Gasteiger partial charge in [-0.3, -0.25) is 0 Å². The highest BCUT2D eigenvalue weighted by molar-refractivity contribution is 5.26. The molecule has 0 bridgehead atoms. The van der Waals surface area contributed by atoms with Crippen LogP contribution in [0, 0.1) is 0 Å². The zero-order valence-corrected chi connectivity index (χ0v) is 11.7. The molecule has 1 N–H and O–H groups in total. The highest BCUT2D eigenvalue weighted by Crippen LogP contribution is 2.32. The molecule has 2 aliphatic rings. The van der Waals surface area contributed by atoms with Crippen LogP contribution in [0.5, 0.6) is 0 Å². The summed E-state index contributed by atoms with van der Waals surface area (Å²) >= 11 is 0. The van der Waals surface area contributed by atoms with Gasteiger partial charge in [0.1, 0.15) is 0 Å². The van der Waals surface area contributed by atoms with Crippen LogP contribution in [0.4, 0.5) is 0 Å². The van der Waals surface area contributed by atoms with Crippen LogP contribution in [0.3, 0.4) is 0 Å². The van der Waals surface area contributed by atoms with Crippen molar-refractivity contribution >= 4 is 0 Å². The van der Waals surface area contributed by atoms with Gasteiger partial charge in [0.05, 0.1) is 12.7 Å². The van der Waals surface area contributed by atoms with E-state index in [-0.39, 0.29) is 0 Å². The van der Waals surface area contributed by atoms with Gasteiger partial charge in [-0.15, -0.1) is 0 Å². The largest absolute Gasteiger partial charge is 0.375 e. The number of rotatable bonds is 3. The van der Waals surface area contributed by atoms with Crippen molar-refractivity contribution in [3.8, 4) is 0 Å². The van der Waals surface area contributed by atoms with Crippen molar-refractivity contribution in [2.75, 3.05) is 19.7 Å². The number of hydrogen-bond acceptors (Lipinski definition) is 2. The number of ether oxygens (including phenoxy) is 1. The van der Waals surface area contributed by atoms with Gasteiger partial charge in [-0.1, -0.05) is 43.5 Å². The maximum atomic E-state index is 5.77. The summed E-state index contributed by atoms with van der Waals surface area (Å²) < 4.78 is 5.77.